The van der Waals surface area contributed by atoms with Crippen LogP contribution in [0.5, 0.6) is 5.75 Å². The molecule has 1 aliphatic heterocycles. The zero-order chi connectivity index (χ0) is 16.8. The van der Waals surface area contributed by atoms with Gasteiger partial charge in [-0.2, -0.15) is 0 Å². The summed E-state index contributed by atoms with van der Waals surface area (Å²) in [4.78, 5) is 14.4. The molecule has 0 radical (unpaired) electrons. The molecular weight excluding hydrogens is 300 g/mol. The van der Waals surface area contributed by atoms with E-state index in [4.69, 9.17) is 4.74 Å². The fourth-order valence-electron chi connectivity index (χ4n) is 3.55. The minimum atomic E-state index is 0.249. The summed E-state index contributed by atoms with van der Waals surface area (Å²) in [6, 6.07) is 8.90. The van der Waals surface area contributed by atoms with Crippen molar-refractivity contribution < 1.29 is 9.53 Å². The van der Waals surface area contributed by atoms with E-state index in [0.29, 0.717) is 25.0 Å². The van der Waals surface area contributed by atoms with Gasteiger partial charge >= 0.3 is 0 Å². The van der Waals surface area contributed by atoms with Crippen molar-refractivity contribution in [3.05, 3.63) is 29.8 Å². The Morgan fingerprint density at radius 1 is 1.33 bits per heavy atom. The van der Waals surface area contributed by atoms with Gasteiger partial charge in [0, 0.05) is 25.6 Å². The molecular formula is C20H30N2O2. The second-order valence-electron chi connectivity index (χ2n) is 7.20. The van der Waals surface area contributed by atoms with E-state index in [1.54, 1.807) is 0 Å². The van der Waals surface area contributed by atoms with Crippen LogP contribution >= 0.6 is 0 Å². The maximum Gasteiger partial charge on any atom is 0.220 e. The summed E-state index contributed by atoms with van der Waals surface area (Å²) < 4.78 is 5.60. The molecule has 1 aromatic carbocycles. The molecule has 1 saturated carbocycles. The molecule has 2 aliphatic rings. The minimum absolute atomic E-state index is 0.249. The zero-order valence-electron chi connectivity index (χ0n) is 14.8. The Balaban J connectivity index is 1.44. The Morgan fingerprint density at radius 3 is 3.00 bits per heavy atom. The number of carbonyl (C=O) groups excluding carboxylic acids is 1. The first-order valence-electron chi connectivity index (χ1n) is 9.46. The molecule has 0 spiro atoms. The Labute approximate surface area is 145 Å². The third kappa shape index (κ3) is 5.52. The number of rotatable bonds is 8. The van der Waals surface area contributed by atoms with Crippen LogP contribution in [0, 0.1) is 5.92 Å². The number of ether oxygens (including phenoxy) is 1. The van der Waals surface area contributed by atoms with Gasteiger partial charge < -0.3 is 10.1 Å². The van der Waals surface area contributed by atoms with Crippen molar-refractivity contribution >= 4 is 5.91 Å². The van der Waals surface area contributed by atoms with Crippen LogP contribution in [0.15, 0.2) is 24.3 Å². The number of piperidine rings is 1. The fraction of sp³-hybridized carbons (Fsp3) is 0.650. The van der Waals surface area contributed by atoms with Crippen molar-refractivity contribution in [3.8, 4) is 5.75 Å². The average Bonchev–Trinajstić information content (AvgIpc) is 3.38. The Hall–Kier alpha value is -1.55. The highest BCUT2D eigenvalue weighted by molar-refractivity contribution is 5.76. The highest BCUT2D eigenvalue weighted by atomic mass is 16.5. The van der Waals surface area contributed by atoms with Crippen molar-refractivity contribution in [1.29, 1.82) is 0 Å². The van der Waals surface area contributed by atoms with E-state index in [-0.39, 0.29) is 5.91 Å². The normalized spacial score (nSPS) is 21.5. The number of benzene rings is 1. The lowest BCUT2D eigenvalue weighted by molar-refractivity contribution is -0.121. The molecule has 4 nitrogen and oxygen atoms in total. The first kappa shape index (κ1) is 17.3. The van der Waals surface area contributed by atoms with Crippen molar-refractivity contribution in [2.45, 2.75) is 58.0 Å². The molecule has 1 aromatic rings. The van der Waals surface area contributed by atoms with Crippen molar-refractivity contribution in [1.82, 2.24) is 10.2 Å². The highest BCUT2D eigenvalue weighted by Crippen LogP contribution is 2.24. The minimum Gasteiger partial charge on any atom is -0.494 e. The largest absolute Gasteiger partial charge is 0.494 e. The molecule has 2 fully saturated rings. The molecule has 4 heteroatoms. The van der Waals surface area contributed by atoms with Gasteiger partial charge in [0.25, 0.3) is 0 Å². The SMILES string of the molecule is CCOc1cccc(CN2CCCC(CCC(=O)NC3CC3)C2)c1. The van der Waals surface area contributed by atoms with Gasteiger partial charge in [-0.1, -0.05) is 12.1 Å². The molecule has 0 aromatic heterocycles. The molecule has 1 N–H and O–H groups in total. The van der Waals surface area contributed by atoms with Gasteiger partial charge in [-0.3, -0.25) is 9.69 Å². The molecule has 1 amide bonds. The Bertz CT molecular complexity index is 542. The summed E-state index contributed by atoms with van der Waals surface area (Å²) in [6.07, 6.45) is 6.54. The summed E-state index contributed by atoms with van der Waals surface area (Å²) in [5, 5.41) is 3.10. The molecule has 0 bridgehead atoms. The second kappa shape index (κ2) is 8.52. The molecule has 3 rings (SSSR count). The number of nitrogens with zero attached hydrogens (tertiary/aromatic N) is 1. The van der Waals surface area contributed by atoms with Crippen LogP contribution in [0.2, 0.25) is 0 Å². The lowest BCUT2D eigenvalue weighted by Gasteiger charge is -2.32. The van der Waals surface area contributed by atoms with Gasteiger partial charge in [0.05, 0.1) is 6.61 Å². The predicted molar refractivity (Wildman–Crippen MR) is 96.0 cm³/mol. The van der Waals surface area contributed by atoms with Crippen LogP contribution in [-0.2, 0) is 11.3 Å². The van der Waals surface area contributed by atoms with E-state index in [1.807, 2.05) is 13.0 Å². The molecule has 1 unspecified atom stereocenters. The first-order valence-corrected chi connectivity index (χ1v) is 9.46. The van der Waals surface area contributed by atoms with Gasteiger partial charge in [0.1, 0.15) is 5.75 Å². The lowest BCUT2D eigenvalue weighted by Crippen LogP contribution is -2.35. The maximum atomic E-state index is 11.9. The fourth-order valence-corrected chi connectivity index (χ4v) is 3.55. The third-order valence-electron chi connectivity index (χ3n) is 4.94. The summed E-state index contributed by atoms with van der Waals surface area (Å²) in [7, 11) is 0. The van der Waals surface area contributed by atoms with Crippen molar-refractivity contribution in [2.75, 3.05) is 19.7 Å². The van der Waals surface area contributed by atoms with Crippen LogP contribution < -0.4 is 10.1 Å². The monoisotopic (exact) mass is 330 g/mol. The van der Waals surface area contributed by atoms with E-state index in [9.17, 15) is 4.79 Å². The van der Waals surface area contributed by atoms with Crippen LogP contribution in [0.1, 0.15) is 51.0 Å². The number of amides is 1. The van der Waals surface area contributed by atoms with Crippen LogP contribution in [-0.4, -0.2) is 36.5 Å². The van der Waals surface area contributed by atoms with Gasteiger partial charge in [-0.25, -0.2) is 0 Å². The van der Waals surface area contributed by atoms with E-state index < -0.39 is 0 Å². The first-order chi connectivity index (χ1) is 11.7. The van der Waals surface area contributed by atoms with Gasteiger partial charge in [-0.15, -0.1) is 0 Å². The van der Waals surface area contributed by atoms with E-state index in [0.717, 1.165) is 31.8 Å². The third-order valence-corrected chi connectivity index (χ3v) is 4.94. The zero-order valence-corrected chi connectivity index (χ0v) is 14.8. The molecule has 1 aliphatic carbocycles. The average molecular weight is 330 g/mol. The quantitative estimate of drug-likeness (QED) is 0.795. The lowest BCUT2D eigenvalue weighted by atomic mass is 9.93. The Kier molecular flexibility index (Phi) is 6.13. The predicted octanol–water partition coefficient (Wildman–Crippen LogP) is 3.36. The number of hydrogen-bond acceptors (Lipinski definition) is 3. The molecule has 1 atom stereocenters. The topological polar surface area (TPSA) is 41.6 Å². The molecule has 1 saturated heterocycles. The van der Waals surface area contributed by atoms with Crippen molar-refractivity contribution in [3.63, 3.8) is 0 Å². The number of nitrogens with one attached hydrogen (secondary N) is 1. The maximum absolute atomic E-state index is 11.9. The number of hydrogen-bond donors (Lipinski definition) is 1. The van der Waals surface area contributed by atoms with Gasteiger partial charge in [-0.05, 0) is 69.2 Å². The smallest absolute Gasteiger partial charge is 0.220 e. The van der Waals surface area contributed by atoms with Crippen LogP contribution in [0.4, 0.5) is 0 Å². The van der Waals surface area contributed by atoms with E-state index >= 15 is 0 Å². The van der Waals surface area contributed by atoms with E-state index in [1.165, 1.54) is 31.2 Å². The standard InChI is InChI=1S/C20H30N2O2/c1-2-24-19-7-3-5-17(13-19)15-22-12-4-6-16(14-22)8-11-20(23)21-18-9-10-18/h3,5,7,13,16,18H,2,4,6,8-12,14-15H2,1H3,(H,21,23). The summed E-state index contributed by atoms with van der Waals surface area (Å²) in [5.74, 6) is 1.86. The van der Waals surface area contributed by atoms with Crippen molar-refractivity contribution in [2.24, 2.45) is 5.92 Å². The molecule has 24 heavy (non-hydrogen) atoms. The number of likely N-dealkylation sites (tertiary alicyclic amines) is 1. The molecule has 1 heterocycles. The summed E-state index contributed by atoms with van der Waals surface area (Å²) in [6.45, 7) is 5.96. The highest BCUT2D eigenvalue weighted by Gasteiger charge is 2.24. The van der Waals surface area contributed by atoms with E-state index in [2.05, 4.69) is 28.4 Å². The second-order valence-corrected chi connectivity index (χ2v) is 7.20. The Morgan fingerprint density at radius 2 is 2.21 bits per heavy atom. The molecule has 132 valence electrons. The van der Waals surface area contributed by atoms with Crippen LogP contribution in [0.25, 0.3) is 0 Å². The van der Waals surface area contributed by atoms with Gasteiger partial charge in [0.15, 0.2) is 0 Å². The number of carbonyl (C=O) groups is 1. The van der Waals surface area contributed by atoms with Gasteiger partial charge in [0.2, 0.25) is 5.91 Å². The summed E-state index contributed by atoms with van der Waals surface area (Å²) in [5.41, 5.74) is 1.31. The van der Waals surface area contributed by atoms with Crippen LogP contribution in [0.3, 0.4) is 0 Å². The summed E-state index contributed by atoms with van der Waals surface area (Å²) >= 11 is 0.